The summed E-state index contributed by atoms with van der Waals surface area (Å²) in [5.74, 6) is 0.858. The molecule has 0 radical (unpaired) electrons. The van der Waals surface area contributed by atoms with Crippen molar-refractivity contribution in [1.29, 1.82) is 5.26 Å². The molecule has 0 aliphatic rings. The quantitative estimate of drug-likeness (QED) is 0.817. The molecule has 0 heterocycles. The number of nitrogens with zero attached hydrogens (tertiary/aromatic N) is 2. The lowest BCUT2D eigenvalue weighted by Gasteiger charge is -2.26. The number of nitriles is 1. The third-order valence-corrected chi connectivity index (χ3v) is 3.22. The summed E-state index contributed by atoms with van der Waals surface area (Å²) in [5.41, 5.74) is 1.18. The fraction of sp³-hybridized carbons (Fsp3) is 0.533. The maximum absolute atomic E-state index is 8.98. The predicted octanol–water partition coefficient (Wildman–Crippen LogP) is 2.19. The maximum atomic E-state index is 8.98. The van der Waals surface area contributed by atoms with Gasteiger partial charge in [0.2, 0.25) is 0 Å². The minimum atomic E-state index is -0.0898. The minimum Gasteiger partial charge on any atom is -0.497 e. The maximum Gasteiger partial charge on any atom is 0.119 e. The largest absolute Gasteiger partial charge is 0.497 e. The van der Waals surface area contributed by atoms with Crippen molar-refractivity contribution >= 4 is 0 Å². The summed E-state index contributed by atoms with van der Waals surface area (Å²) in [6.45, 7) is 2.75. The lowest BCUT2D eigenvalue weighted by molar-refractivity contribution is 0.283. The standard InChI is InChI=1S/C15H23N3O/c1-5-13(10-16)17-11-15(18(2)3)12-7-6-8-14(9-12)19-4/h6-9,13,15,17H,5,11H2,1-4H3. The van der Waals surface area contributed by atoms with Crippen LogP contribution in [-0.4, -0.2) is 38.7 Å². The number of likely N-dealkylation sites (N-methyl/N-ethyl adjacent to an activating group) is 1. The van der Waals surface area contributed by atoms with Gasteiger partial charge < -0.3 is 15.0 Å². The number of rotatable bonds is 7. The van der Waals surface area contributed by atoms with Gasteiger partial charge in [-0.2, -0.15) is 5.26 Å². The van der Waals surface area contributed by atoms with Crippen LogP contribution in [0.5, 0.6) is 5.75 Å². The zero-order valence-electron chi connectivity index (χ0n) is 12.2. The average Bonchev–Trinajstić information content (AvgIpc) is 2.43. The second kappa shape index (κ2) is 7.78. The van der Waals surface area contributed by atoms with E-state index in [1.165, 1.54) is 5.56 Å². The molecule has 19 heavy (non-hydrogen) atoms. The molecule has 1 rings (SSSR count). The molecule has 1 aromatic rings. The first-order chi connectivity index (χ1) is 9.12. The fourth-order valence-corrected chi connectivity index (χ4v) is 1.98. The predicted molar refractivity (Wildman–Crippen MR) is 77.1 cm³/mol. The molecule has 0 saturated heterocycles. The van der Waals surface area contributed by atoms with Crippen LogP contribution in [-0.2, 0) is 0 Å². The topological polar surface area (TPSA) is 48.3 Å². The molecule has 0 spiro atoms. The highest BCUT2D eigenvalue weighted by Crippen LogP contribution is 2.22. The van der Waals surface area contributed by atoms with Crippen molar-refractivity contribution in [2.24, 2.45) is 0 Å². The van der Waals surface area contributed by atoms with E-state index >= 15 is 0 Å². The van der Waals surface area contributed by atoms with Crippen LogP contribution in [0.25, 0.3) is 0 Å². The van der Waals surface area contributed by atoms with Crippen LogP contribution >= 0.6 is 0 Å². The van der Waals surface area contributed by atoms with E-state index in [1.54, 1.807) is 7.11 Å². The first-order valence-corrected chi connectivity index (χ1v) is 6.55. The molecular weight excluding hydrogens is 238 g/mol. The van der Waals surface area contributed by atoms with Crippen molar-refractivity contribution < 1.29 is 4.74 Å². The molecule has 0 amide bonds. The fourth-order valence-electron chi connectivity index (χ4n) is 1.98. The Morgan fingerprint density at radius 3 is 2.68 bits per heavy atom. The second-order valence-electron chi connectivity index (χ2n) is 4.75. The van der Waals surface area contributed by atoms with Crippen molar-refractivity contribution in [2.45, 2.75) is 25.4 Å². The molecule has 104 valence electrons. The van der Waals surface area contributed by atoms with Gasteiger partial charge in [0.15, 0.2) is 0 Å². The van der Waals surface area contributed by atoms with Crippen molar-refractivity contribution in [2.75, 3.05) is 27.7 Å². The Hall–Kier alpha value is -1.57. The zero-order chi connectivity index (χ0) is 14.3. The Bertz CT molecular complexity index is 426. The highest BCUT2D eigenvalue weighted by molar-refractivity contribution is 5.30. The summed E-state index contributed by atoms with van der Waals surface area (Å²) in [5, 5.41) is 12.3. The van der Waals surface area contributed by atoms with E-state index in [9.17, 15) is 0 Å². The normalized spacial score (nSPS) is 13.9. The number of hydrogen-bond donors (Lipinski definition) is 1. The van der Waals surface area contributed by atoms with Crippen LogP contribution < -0.4 is 10.1 Å². The summed E-state index contributed by atoms with van der Waals surface area (Å²) < 4.78 is 5.26. The Labute approximate surface area is 116 Å². The first kappa shape index (κ1) is 15.5. The molecule has 4 heteroatoms. The third-order valence-electron chi connectivity index (χ3n) is 3.22. The van der Waals surface area contributed by atoms with Crippen molar-refractivity contribution in [3.63, 3.8) is 0 Å². The van der Waals surface area contributed by atoms with Gasteiger partial charge in [0, 0.05) is 12.6 Å². The van der Waals surface area contributed by atoms with Crippen molar-refractivity contribution in [3.05, 3.63) is 29.8 Å². The Morgan fingerprint density at radius 1 is 1.42 bits per heavy atom. The molecule has 1 aromatic carbocycles. The Morgan fingerprint density at radius 2 is 2.16 bits per heavy atom. The van der Waals surface area contributed by atoms with E-state index in [1.807, 2.05) is 39.2 Å². The molecule has 2 atom stereocenters. The van der Waals surface area contributed by atoms with Gasteiger partial charge in [-0.25, -0.2) is 0 Å². The van der Waals surface area contributed by atoms with Gasteiger partial charge in [-0.3, -0.25) is 0 Å². The molecule has 0 saturated carbocycles. The van der Waals surface area contributed by atoms with Gasteiger partial charge in [-0.15, -0.1) is 0 Å². The van der Waals surface area contributed by atoms with Crippen LogP contribution in [0.2, 0.25) is 0 Å². The molecular formula is C15H23N3O. The van der Waals surface area contributed by atoms with Crippen molar-refractivity contribution in [3.8, 4) is 11.8 Å². The summed E-state index contributed by atoms with van der Waals surface area (Å²) in [6, 6.07) is 10.5. The molecule has 1 N–H and O–H groups in total. The van der Waals surface area contributed by atoms with Gasteiger partial charge in [-0.1, -0.05) is 19.1 Å². The van der Waals surface area contributed by atoms with E-state index in [0.717, 1.165) is 18.7 Å². The van der Waals surface area contributed by atoms with Crippen LogP contribution in [0.3, 0.4) is 0 Å². The molecule has 0 aliphatic heterocycles. The highest BCUT2D eigenvalue weighted by Gasteiger charge is 2.16. The summed E-state index contributed by atoms with van der Waals surface area (Å²) >= 11 is 0. The molecule has 0 aromatic heterocycles. The monoisotopic (exact) mass is 261 g/mol. The number of hydrogen-bond acceptors (Lipinski definition) is 4. The molecule has 0 aliphatic carbocycles. The second-order valence-corrected chi connectivity index (χ2v) is 4.75. The van der Waals surface area contributed by atoms with Crippen LogP contribution in [0, 0.1) is 11.3 Å². The van der Waals surface area contributed by atoms with Crippen LogP contribution in [0.1, 0.15) is 24.9 Å². The van der Waals surface area contributed by atoms with E-state index in [4.69, 9.17) is 10.00 Å². The van der Waals surface area contributed by atoms with Crippen molar-refractivity contribution in [1.82, 2.24) is 10.2 Å². The number of ether oxygens (including phenoxy) is 1. The smallest absolute Gasteiger partial charge is 0.119 e. The van der Waals surface area contributed by atoms with Gasteiger partial charge in [-0.05, 0) is 38.2 Å². The van der Waals surface area contributed by atoms with Gasteiger partial charge in [0.05, 0.1) is 19.2 Å². The Kier molecular flexibility index (Phi) is 6.34. The average molecular weight is 261 g/mol. The summed E-state index contributed by atoms with van der Waals surface area (Å²) in [4.78, 5) is 2.14. The third kappa shape index (κ3) is 4.55. The van der Waals surface area contributed by atoms with Gasteiger partial charge in [0.1, 0.15) is 5.75 Å². The van der Waals surface area contributed by atoms with Crippen LogP contribution in [0.4, 0.5) is 0 Å². The Balaban J connectivity index is 2.79. The SMILES string of the molecule is CCC(C#N)NCC(c1cccc(OC)c1)N(C)C. The van der Waals surface area contributed by atoms with Crippen LogP contribution in [0.15, 0.2) is 24.3 Å². The highest BCUT2D eigenvalue weighted by atomic mass is 16.5. The first-order valence-electron chi connectivity index (χ1n) is 6.55. The molecule has 4 nitrogen and oxygen atoms in total. The molecule has 0 bridgehead atoms. The molecule has 2 unspecified atom stereocenters. The summed E-state index contributed by atoms with van der Waals surface area (Å²) in [6.07, 6.45) is 0.814. The number of methoxy groups -OCH3 is 1. The number of benzene rings is 1. The summed E-state index contributed by atoms with van der Waals surface area (Å²) in [7, 11) is 5.75. The minimum absolute atomic E-state index is 0.0898. The zero-order valence-corrected chi connectivity index (χ0v) is 12.2. The lowest BCUT2D eigenvalue weighted by atomic mass is 10.0. The van der Waals surface area contributed by atoms with E-state index in [-0.39, 0.29) is 12.1 Å². The van der Waals surface area contributed by atoms with Gasteiger partial charge >= 0.3 is 0 Å². The van der Waals surface area contributed by atoms with E-state index in [0.29, 0.717) is 0 Å². The van der Waals surface area contributed by atoms with E-state index in [2.05, 4.69) is 22.4 Å². The van der Waals surface area contributed by atoms with E-state index < -0.39 is 0 Å². The molecule has 0 fully saturated rings. The number of nitrogens with one attached hydrogen (secondary N) is 1. The lowest BCUT2D eigenvalue weighted by Crippen LogP contribution is -2.36. The van der Waals surface area contributed by atoms with Gasteiger partial charge in [0.25, 0.3) is 0 Å².